The van der Waals surface area contributed by atoms with Crippen LogP contribution in [-0.2, 0) is 12.7 Å². The van der Waals surface area contributed by atoms with Gasteiger partial charge in [0, 0.05) is 12.6 Å². The summed E-state index contributed by atoms with van der Waals surface area (Å²) < 4.78 is 49.9. The zero-order valence-electron chi connectivity index (χ0n) is 10.1. The van der Waals surface area contributed by atoms with E-state index in [0.717, 1.165) is 18.3 Å². The van der Waals surface area contributed by atoms with Crippen molar-refractivity contribution >= 4 is 5.69 Å². The number of rotatable bonds is 3. The van der Waals surface area contributed by atoms with Crippen molar-refractivity contribution in [3.8, 4) is 5.75 Å². The molecule has 0 saturated heterocycles. The number of aromatic hydroxyl groups is 1. The standard InChI is InChI=1S/C13H10F4N2O/c14-9-3-8(4-11(20)5-9)6-18-10-1-2-12(19-7-10)13(15,16)17/h1-5,7,18,20H,6H2. The largest absolute Gasteiger partial charge is 0.508 e. The van der Waals surface area contributed by atoms with E-state index in [9.17, 15) is 22.7 Å². The zero-order valence-corrected chi connectivity index (χ0v) is 10.1. The van der Waals surface area contributed by atoms with Crippen molar-refractivity contribution in [2.24, 2.45) is 0 Å². The van der Waals surface area contributed by atoms with Gasteiger partial charge in [0.2, 0.25) is 0 Å². The smallest absolute Gasteiger partial charge is 0.433 e. The average Bonchev–Trinajstić information content (AvgIpc) is 2.35. The molecule has 1 heterocycles. The van der Waals surface area contributed by atoms with Gasteiger partial charge in [0.1, 0.15) is 17.3 Å². The summed E-state index contributed by atoms with van der Waals surface area (Å²) in [6, 6.07) is 5.61. The second kappa shape index (κ2) is 5.36. The Hall–Kier alpha value is -2.31. The van der Waals surface area contributed by atoms with Crippen LogP contribution < -0.4 is 5.32 Å². The molecule has 1 aromatic carbocycles. The lowest BCUT2D eigenvalue weighted by atomic mass is 10.2. The molecule has 0 spiro atoms. The summed E-state index contributed by atoms with van der Waals surface area (Å²) >= 11 is 0. The Labute approximate surface area is 111 Å². The van der Waals surface area contributed by atoms with Gasteiger partial charge < -0.3 is 10.4 Å². The Morgan fingerprint density at radius 3 is 2.45 bits per heavy atom. The topological polar surface area (TPSA) is 45.1 Å². The maximum Gasteiger partial charge on any atom is 0.433 e. The molecule has 0 aliphatic heterocycles. The van der Waals surface area contributed by atoms with E-state index in [4.69, 9.17) is 0 Å². The van der Waals surface area contributed by atoms with E-state index in [0.29, 0.717) is 11.3 Å². The maximum absolute atomic E-state index is 13.0. The van der Waals surface area contributed by atoms with Crippen molar-refractivity contribution in [2.45, 2.75) is 12.7 Å². The molecule has 3 nitrogen and oxygen atoms in total. The van der Waals surface area contributed by atoms with Gasteiger partial charge in [0.05, 0.1) is 11.9 Å². The van der Waals surface area contributed by atoms with Crippen LogP contribution in [0.25, 0.3) is 0 Å². The van der Waals surface area contributed by atoms with Gasteiger partial charge in [0.15, 0.2) is 0 Å². The molecule has 20 heavy (non-hydrogen) atoms. The molecule has 0 aliphatic carbocycles. The zero-order chi connectivity index (χ0) is 14.8. The van der Waals surface area contributed by atoms with Gasteiger partial charge >= 0.3 is 6.18 Å². The van der Waals surface area contributed by atoms with Crippen molar-refractivity contribution in [3.63, 3.8) is 0 Å². The Bertz CT molecular complexity index is 576. The second-order valence-corrected chi connectivity index (χ2v) is 4.10. The van der Waals surface area contributed by atoms with Gasteiger partial charge in [-0.25, -0.2) is 9.37 Å². The minimum absolute atomic E-state index is 0.151. The monoisotopic (exact) mass is 286 g/mol. The predicted molar refractivity (Wildman–Crippen MR) is 64.6 cm³/mol. The van der Waals surface area contributed by atoms with Crippen LogP contribution >= 0.6 is 0 Å². The molecule has 2 aromatic rings. The molecule has 1 aromatic heterocycles. The minimum atomic E-state index is -4.48. The summed E-state index contributed by atoms with van der Waals surface area (Å²) in [6.45, 7) is 0.151. The van der Waals surface area contributed by atoms with Gasteiger partial charge in [-0.15, -0.1) is 0 Å². The molecular formula is C13H10F4N2O. The minimum Gasteiger partial charge on any atom is -0.508 e. The summed E-state index contributed by atoms with van der Waals surface area (Å²) in [5.74, 6) is -0.806. The molecule has 0 fully saturated rings. The summed E-state index contributed by atoms with van der Waals surface area (Å²) in [4.78, 5) is 3.29. The molecule has 2 N–H and O–H groups in total. The summed E-state index contributed by atoms with van der Waals surface area (Å²) in [5.41, 5.74) is -0.157. The van der Waals surface area contributed by atoms with Crippen LogP contribution in [0.4, 0.5) is 23.2 Å². The van der Waals surface area contributed by atoms with Crippen molar-refractivity contribution in [3.05, 3.63) is 53.6 Å². The lowest BCUT2D eigenvalue weighted by molar-refractivity contribution is -0.141. The number of aromatic nitrogens is 1. The van der Waals surface area contributed by atoms with Crippen LogP contribution in [0.1, 0.15) is 11.3 Å². The third kappa shape index (κ3) is 3.59. The number of phenolic OH excluding ortho intramolecular Hbond substituents is 1. The summed E-state index contributed by atoms with van der Waals surface area (Å²) in [7, 11) is 0. The fraction of sp³-hybridized carbons (Fsp3) is 0.154. The Morgan fingerprint density at radius 2 is 1.90 bits per heavy atom. The first-order chi connectivity index (χ1) is 9.34. The van der Waals surface area contributed by atoms with Crippen LogP contribution in [0.15, 0.2) is 36.5 Å². The van der Waals surface area contributed by atoms with Gasteiger partial charge in [-0.1, -0.05) is 0 Å². The Kier molecular flexibility index (Phi) is 3.78. The van der Waals surface area contributed by atoms with Crippen molar-refractivity contribution in [1.82, 2.24) is 4.98 Å². The van der Waals surface area contributed by atoms with Crippen LogP contribution in [0.3, 0.4) is 0 Å². The van der Waals surface area contributed by atoms with Gasteiger partial charge in [-0.2, -0.15) is 13.2 Å². The molecule has 7 heteroatoms. The molecule has 0 unspecified atom stereocenters. The van der Waals surface area contributed by atoms with Crippen LogP contribution in [0.5, 0.6) is 5.75 Å². The average molecular weight is 286 g/mol. The Morgan fingerprint density at radius 1 is 1.15 bits per heavy atom. The van der Waals surface area contributed by atoms with Gasteiger partial charge in [0.25, 0.3) is 0 Å². The number of halogens is 4. The number of nitrogens with one attached hydrogen (secondary N) is 1. The molecule has 106 valence electrons. The predicted octanol–water partition coefficient (Wildman–Crippen LogP) is 3.56. The van der Waals surface area contributed by atoms with E-state index in [1.165, 1.54) is 18.2 Å². The number of benzene rings is 1. The first kappa shape index (κ1) is 14.1. The number of hydrogen-bond acceptors (Lipinski definition) is 3. The number of alkyl halides is 3. The molecule has 0 amide bonds. The number of pyridine rings is 1. The summed E-state index contributed by atoms with van der Waals surface area (Å²) in [5, 5.41) is 12.0. The quantitative estimate of drug-likeness (QED) is 0.848. The molecule has 2 rings (SSSR count). The number of hydrogen-bond donors (Lipinski definition) is 2. The number of phenols is 1. The lowest BCUT2D eigenvalue weighted by Crippen LogP contribution is -2.08. The summed E-state index contributed by atoms with van der Waals surface area (Å²) in [6.07, 6.45) is -3.44. The number of anilines is 1. The van der Waals surface area contributed by atoms with Crippen molar-refractivity contribution in [1.29, 1.82) is 0 Å². The van der Waals surface area contributed by atoms with E-state index < -0.39 is 17.7 Å². The van der Waals surface area contributed by atoms with Gasteiger partial charge in [-0.3, -0.25) is 0 Å². The Balaban J connectivity index is 2.04. The maximum atomic E-state index is 13.0. The second-order valence-electron chi connectivity index (χ2n) is 4.10. The van der Waals surface area contributed by atoms with Crippen LogP contribution in [0, 0.1) is 5.82 Å². The van der Waals surface area contributed by atoms with Crippen molar-refractivity contribution < 1.29 is 22.7 Å². The van der Waals surface area contributed by atoms with E-state index in [1.54, 1.807) is 0 Å². The molecule has 0 saturated carbocycles. The highest BCUT2D eigenvalue weighted by Crippen LogP contribution is 2.27. The highest BCUT2D eigenvalue weighted by molar-refractivity contribution is 5.42. The molecule has 0 radical (unpaired) electrons. The lowest BCUT2D eigenvalue weighted by Gasteiger charge is -2.09. The highest BCUT2D eigenvalue weighted by Gasteiger charge is 2.31. The van der Waals surface area contributed by atoms with Gasteiger partial charge in [-0.05, 0) is 29.8 Å². The SMILES string of the molecule is Oc1cc(F)cc(CNc2ccc(C(F)(F)F)nc2)c1. The normalized spacial score (nSPS) is 11.4. The fourth-order valence-electron chi connectivity index (χ4n) is 1.61. The molecule has 0 atom stereocenters. The third-order valence-electron chi connectivity index (χ3n) is 2.49. The van der Waals surface area contributed by atoms with E-state index >= 15 is 0 Å². The van der Waals surface area contributed by atoms with E-state index in [1.807, 2.05) is 0 Å². The third-order valence-corrected chi connectivity index (χ3v) is 2.49. The first-order valence-corrected chi connectivity index (χ1v) is 5.60. The van der Waals surface area contributed by atoms with Crippen LogP contribution in [0.2, 0.25) is 0 Å². The number of nitrogens with zero attached hydrogens (tertiary/aromatic N) is 1. The molecule has 0 aliphatic rings. The molecular weight excluding hydrogens is 276 g/mol. The molecule has 0 bridgehead atoms. The van der Waals surface area contributed by atoms with E-state index in [2.05, 4.69) is 10.3 Å². The van der Waals surface area contributed by atoms with E-state index in [-0.39, 0.29) is 12.3 Å². The first-order valence-electron chi connectivity index (χ1n) is 5.60. The highest BCUT2D eigenvalue weighted by atomic mass is 19.4. The fourth-order valence-corrected chi connectivity index (χ4v) is 1.61. The van der Waals surface area contributed by atoms with Crippen LogP contribution in [-0.4, -0.2) is 10.1 Å². The van der Waals surface area contributed by atoms with Crippen molar-refractivity contribution in [2.75, 3.05) is 5.32 Å².